The second-order valence-electron chi connectivity index (χ2n) is 10.0. The lowest BCUT2D eigenvalue weighted by Crippen LogP contribution is -1.91. The number of hydrogen-bond acceptors (Lipinski definition) is 2. The molecular formula is C35H29N3O. The molecule has 0 fully saturated rings. The van der Waals surface area contributed by atoms with Crippen LogP contribution in [0.3, 0.4) is 0 Å². The largest absolute Gasteiger partial charge is 0.456 e. The lowest BCUT2D eigenvalue weighted by atomic mass is 10.0. The van der Waals surface area contributed by atoms with Gasteiger partial charge in [-0.25, -0.2) is 4.98 Å². The molecule has 0 atom stereocenters. The second kappa shape index (κ2) is 9.80. The van der Waals surface area contributed by atoms with Crippen LogP contribution in [-0.4, -0.2) is 15.0 Å². The molecule has 0 radical (unpaired) electrons. The maximum absolute atomic E-state index is 6.70. The molecule has 0 amide bonds. The van der Waals surface area contributed by atoms with Crippen molar-refractivity contribution < 1.29 is 4.42 Å². The highest BCUT2D eigenvalue weighted by Gasteiger charge is 2.16. The van der Waals surface area contributed by atoms with Crippen LogP contribution in [0.15, 0.2) is 101 Å². The van der Waals surface area contributed by atoms with Crippen LogP contribution < -0.4 is 0 Å². The Labute approximate surface area is 227 Å². The summed E-state index contributed by atoms with van der Waals surface area (Å²) in [4.78, 5) is 12.6. The monoisotopic (exact) mass is 507 g/mol. The topological polar surface area (TPSA) is 57.6 Å². The van der Waals surface area contributed by atoms with E-state index in [1.54, 1.807) is 0 Å². The summed E-state index contributed by atoms with van der Waals surface area (Å²) in [6.45, 7) is 2.23. The molecule has 190 valence electrons. The Bertz CT molecular complexity index is 1940. The van der Waals surface area contributed by atoms with Crippen LogP contribution in [0.4, 0.5) is 0 Å². The van der Waals surface area contributed by atoms with Gasteiger partial charge in [0.2, 0.25) is 0 Å². The van der Waals surface area contributed by atoms with E-state index in [9.17, 15) is 0 Å². The number of aryl methyl sites for hydroxylation is 1. The summed E-state index contributed by atoms with van der Waals surface area (Å²) in [6, 6.07) is 33.6. The molecular weight excluding hydrogens is 478 g/mol. The van der Waals surface area contributed by atoms with Crippen molar-refractivity contribution in [2.24, 2.45) is 0 Å². The number of H-pyrrole nitrogens is 2. The molecule has 0 saturated heterocycles. The molecule has 0 saturated carbocycles. The summed E-state index contributed by atoms with van der Waals surface area (Å²) in [5.41, 5.74) is 13.1. The van der Waals surface area contributed by atoms with Gasteiger partial charge in [0.25, 0.3) is 0 Å². The molecule has 6 aromatic rings. The van der Waals surface area contributed by atoms with E-state index < -0.39 is 0 Å². The number of nitrogens with zero attached hydrogens (tertiary/aromatic N) is 1. The minimum Gasteiger partial charge on any atom is -0.456 e. The summed E-state index contributed by atoms with van der Waals surface area (Å²) in [7, 11) is 0. The molecule has 4 heteroatoms. The van der Waals surface area contributed by atoms with Crippen molar-refractivity contribution in [3.63, 3.8) is 0 Å². The molecule has 2 aromatic carbocycles. The quantitative estimate of drug-likeness (QED) is 0.244. The average Bonchev–Trinajstić information content (AvgIpc) is 3.79. The van der Waals surface area contributed by atoms with Crippen LogP contribution in [0.5, 0.6) is 0 Å². The molecule has 5 heterocycles. The molecule has 2 N–H and O–H groups in total. The second-order valence-corrected chi connectivity index (χ2v) is 10.0. The first-order valence-electron chi connectivity index (χ1n) is 13.6. The molecule has 8 bridgehead atoms. The minimum atomic E-state index is 0.799. The average molecular weight is 508 g/mol. The van der Waals surface area contributed by atoms with Gasteiger partial charge in [0.15, 0.2) is 0 Å². The Hall–Kier alpha value is -4.83. The van der Waals surface area contributed by atoms with Crippen LogP contribution in [0.25, 0.3) is 67.6 Å². The third-order valence-electron chi connectivity index (χ3n) is 7.47. The summed E-state index contributed by atoms with van der Waals surface area (Å²) in [6.07, 6.45) is 7.46. The van der Waals surface area contributed by atoms with Gasteiger partial charge in [0, 0.05) is 16.6 Å². The van der Waals surface area contributed by atoms with Crippen molar-refractivity contribution in [1.29, 1.82) is 0 Å². The van der Waals surface area contributed by atoms with Gasteiger partial charge in [0.05, 0.1) is 33.5 Å². The normalized spacial score (nSPS) is 11.9. The fourth-order valence-electron chi connectivity index (χ4n) is 5.51. The van der Waals surface area contributed by atoms with Gasteiger partial charge >= 0.3 is 0 Å². The number of hydrogen-bond donors (Lipinski definition) is 2. The number of fused-ring (bicyclic) bond motifs is 9. The maximum Gasteiger partial charge on any atom is 0.137 e. The fourth-order valence-corrected chi connectivity index (χ4v) is 5.51. The summed E-state index contributed by atoms with van der Waals surface area (Å²) < 4.78 is 6.70. The van der Waals surface area contributed by atoms with Crippen molar-refractivity contribution in [3.05, 3.63) is 114 Å². The molecule has 4 nitrogen and oxygen atoms in total. The molecule has 1 aliphatic heterocycles. The van der Waals surface area contributed by atoms with Gasteiger partial charge < -0.3 is 14.4 Å². The number of unbranched alkanes of at least 4 members (excludes halogenated alkanes) is 1. The molecule has 39 heavy (non-hydrogen) atoms. The number of rotatable bonds is 5. The van der Waals surface area contributed by atoms with E-state index >= 15 is 0 Å². The molecule has 7 rings (SSSR count). The Balaban J connectivity index is 1.66. The van der Waals surface area contributed by atoms with E-state index in [0.29, 0.717) is 0 Å². The van der Waals surface area contributed by atoms with Gasteiger partial charge in [-0.3, -0.25) is 0 Å². The number of furan rings is 1. The Kier molecular flexibility index (Phi) is 5.86. The van der Waals surface area contributed by atoms with E-state index in [0.717, 1.165) is 86.1 Å². The Morgan fingerprint density at radius 1 is 0.590 bits per heavy atom. The highest BCUT2D eigenvalue weighted by atomic mass is 16.3. The third kappa shape index (κ3) is 4.24. The Morgan fingerprint density at radius 2 is 1.15 bits per heavy atom. The van der Waals surface area contributed by atoms with Crippen molar-refractivity contribution in [3.8, 4) is 22.3 Å². The van der Waals surface area contributed by atoms with E-state index in [1.165, 1.54) is 5.56 Å². The van der Waals surface area contributed by atoms with E-state index in [-0.39, 0.29) is 0 Å². The highest BCUT2D eigenvalue weighted by Crippen LogP contribution is 2.35. The van der Waals surface area contributed by atoms with Crippen LogP contribution in [-0.2, 0) is 6.42 Å². The van der Waals surface area contributed by atoms with Crippen molar-refractivity contribution in [1.82, 2.24) is 15.0 Å². The van der Waals surface area contributed by atoms with Crippen LogP contribution >= 0.6 is 0 Å². The fraction of sp³-hybridized carbons (Fsp3) is 0.114. The summed E-state index contributed by atoms with van der Waals surface area (Å²) in [5.74, 6) is 0. The molecule has 0 spiro atoms. The predicted octanol–water partition coefficient (Wildman–Crippen LogP) is 9.64. The van der Waals surface area contributed by atoms with Crippen molar-refractivity contribution in [2.45, 2.75) is 26.2 Å². The zero-order chi connectivity index (χ0) is 26.2. The molecule has 0 aliphatic carbocycles. The van der Waals surface area contributed by atoms with Gasteiger partial charge in [-0.1, -0.05) is 74.0 Å². The first kappa shape index (κ1) is 23.3. The number of benzene rings is 2. The number of aromatic nitrogens is 3. The summed E-state index contributed by atoms with van der Waals surface area (Å²) >= 11 is 0. The van der Waals surface area contributed by atoms with Crippen LogP contribution in [0, 0.1) is 0 Å². The molecule has 0 unspecified atom stereocenters. The molecule has 1 aliphatic rings. The van der Waals surface area contributed by atoms with Gasteiger partial charge in [-0.05, 0) is 72.5 Å². The van der Waals surface area contributed by atoms with Crippen LogP contribution in [0.2, 0.25) is 0 Å². The SMILES string of the molecule is CCCCc1c2nc(c(-c3ccccc3)c3ccc(o3)c(-c3ccccc3)c3ccc([nH]3)c3ccc1[nH]3)C=C2. The lowest BCUT2D eigenvalue weighted by Gasteiger charge is -2.04. The van der Waals surface area contributed by atoms with Crippen LogP contribution in [0.1, 0.15) is 36.7 Å². The Morgan fingerprint density at radius 3 is 1.85 bits per heavy atom. The lowest BCUT2D eigenvalue weighted by molar-refractivity contribution is 0.668. The predicted molar refractivity (Wildman–Crippen MR) is 163 cm³/mol. The zero-order valence-electron chi connectivity index (χ0n) is 21.9. The minimum absolute atomic E-state index is 0.799. The standard InChI is InChI=1S/C35H29N3O/c1-2-3-14-25-26-15-17-28(36-26)29-18-20-31(38-29)35(24-12-8-5-9-13-24)33-22-21-32(39-33)34(23-10-6-4-7-11-23)30-19-16-27(25)37-30/h4-13,15-22,36,38H,2-3,14H2,1H3. The first-order valence-corrected chi connectivity index (χ1v) is 13.6. The maximum atomic E-state index is 6.70. The molecule has 4 aromatic heterocycles. The van der Waals surface area contributed by atoms with Crippen molar-refractivity contribution in [2.75, 3.05) is 0 Å². The van der Waals surface area contributed by atoms with Crippen molar-refractivity contribution >= 4 is 45.4 Å². The third-order valence-corrected chi connectivity index (χ3v) is 7.47. The number of nitrogens with one attached hydrogen (secondary N) is 2. The van der Waals surface area contributed by atoms with E-state index in [4.69, 9.17) is 9.40 Å². The zero-order valence-corrected chi connectivity index (χ0v) is 21.9. The smallest absolute Gasteiger partial charge is 0.137 e. The van der Waals surface area contributed by atoms with Gasteiger partial charge in [0.1, 0.15) is 11.2 Å². The first-order chi connectivity index (χ1) is 19.3. The number of aromatic amines is 2. The van der Waals surface area contributed by atoms with E-state index in [2.05, 4.69) is 114 Å². The highest BCUT2D eigenvalue weighted by molar-refractivity contribution is 5.96. The van der Waals surface area contributed by atoms with E-state index in [1.807, 2.05) is 12.1 Å². The van der Waals surface area contributed by atoms with Gasteiger partial charge in [-0.15, -0.1) is 0 Å². The van der Waals surface area contributed by atoms with Gasteiger partial charge in [-0.2, -0.15) is 0 Å². The summed E-state index contributed by atoms with van der Waals surface area (Å²) in [5, 5.41) is 0.